The third-order valence-corrected chi connectivity index (χ3v) is 6.97. The van der Waals surface area contributed by atoms with E-state index in [4.69, 9.17) is 21.1 Å². The molecule has 0 spiro atoms. The molecule has 1 N–H and O–H groups in total. The number of nitrogens with zero attached hydrogens (tertiary/aromatic N) is 5. The van der Waals surface area contributed by atoms with Gasteiger partial charge in [0, 0.05) is 36.4 Å². The summed E-state index contributed by atoms with van der Waals surface area (Å²) in [5.74, 6) is -2.10. The monoisotopic (exact) mass is 596 g/mol. The lowest BCUT2D eigenvalue weighted by molar-refractivity contribution is -0.146. The van der Waals surface area contributed by atoms with Gasteiger partial charge in [0.1, 0.15) is 12.4 Å². The molecule has 4 aromatic rings. The summed E-state index contributed by atoms with van der Waals surface area (Å²) in [6, 6.07) is 10.4. The molecule has 1 aliphatic heterocycles. The first-order chi connectivity index (χ1) is 20.2. The van der Waals surface area contributed by atoms with Crippen LogP contribution >= 0.6 is 11.6 Å². The number of hydrogen-bond acceptors (Lipinski definition) is 10. The lowest BCUT2D eigenvalue weighted by Gasteiger charge is -2.16. The van der Waals surface area contributed by atoms with Gasteiger partial charge in [-0.1, -0.05) is 11.6 Å². The maximum absolute atomic E-state index is 15.3. The lowest BCUT2D eigenvalue weighted by Crippen LogP contribution is -2.29. The number of Topliss-reactive ketones (excluding diaryl/α,β-unsaturated/α-hetero) is 1. The van der Waals surface area contributed by atoms with E-state index in [9.17, 15) is 19.2 Å². The summed E-state index contributed by atoms with van der Waals surface area (Å²) in [4.78, 5) is 50.4. The van der Waals surface area contributed by atoms with Crippen LogP contribution in [0.2, 0.25) is 5.02 Å². The second-order valence-corrected chi connectivity index (χ2v) is 9.49. The number of pyridine rings is 1. The fraction of sp³-hybridized carbons (Fsp3) is 0.222. The number of fused-ring (bicyclic) bond motifs is 1. The number of halogens is 2. The molecule has 0 aliphatic carbocycles. The topological polar surface area (TPSA) is 157 Å². The van der Waals surface area contributed by atoms with Crippen molar-refractivity contribution in [1.29, 1.82) is 0 Å². The Morgan fingerprint density at radius 2 is 1.88 bits per heavy atom. The molecule has 13 nitrogen and oxygen atoms in total. The fourth-order valence-electron chi connectivity index (χ4n) is 4.68. The minimum absolute atomic E-state index is 0.0189. The number of benzene rings is 2. The maximum Gasteiger partial charge on any atom is 0.411 e. The van der Waals surface area contributed by atoms with Crippen LogP contribution < -0.4 is 10.9 Å². The van der Waals surface area contributed by atoms with E-state index >= 15 is 4.39 Å². The maximum atomic E-state index is 15.3. The SMILES string of the molecule is COC(=O)Nc1ccc(C(=O)COC(=O)C2CC(OC)c3cc(-c4c(-n5cnnn5)ccc(Cl)c4F)cc(=O)n32)cc1. The van der Waals surface area contributed by atoms with Crippen LogP contribution in [0.25, 0.3) is 16.8 Å². The van der Waals surface area contributed by atoms with Gasteiger partial charge in [0.05, 0.1) is 29.6 Å². The van der Waals surface area contributed by atoms with Crippen molar-refractivity contribution < 1.29 is 33.0 Å². The molecule has 0 radical (unpaired) electrons. The Hall–Kier alpha value is -4.95. The zero-order chi connectivity index (χ0) is 30.0. The number of carbonyl (C=O) groups is 3. The Morgan fingerprint density at radius 3 is 2.55 bits per heavy atom. The van der Waals surface area contributed by atoms with E-state index in [1.807, 2.05) is 0 Å². The standard InChI is InChI=1S/C27H22ClFN6O7/c1-40-22-11-20(26(38)42-12-21(36)14-3-5-16(6-4-14)31-27(39)41-2)35-19(22)9-15(10-23(35)37)24-18(34-13-30-32-33-34)8-7-17(28)25(24)29/h3-10,13,20,22H,11-12H2,1-2H3,(H,31,39). The Kier molecular flexibility index (Phi) is 8.08. The number of ketones is 1. The largest absolute Gasteiger partial charge is 0.456 e. The number of tetrazole rings is 1. The van der Waals surface area contributed by atoms with E-state index in [1.54, 1.807) is 0 Å². The quantitative estimate of drug-likeness (QED) is 0.236. The van der Waals surface area contributed by atoms with Crippen molar-refractivity contribution in [2.75, 3.05) is 26.1 Å². The average molecular weight is 597 g/mol. The van der Waals surface area contributed by atoms with Gasteiger partial charge in [-0.2, -0.15) is 4.68 Å². The Balaban J connectivity index is 1.39. The molecule has 0 saturated carbocycles. The second kappa shape index (κ2) is 11.9. The summed E-state index contributed by atoms with van der Waals surface area (Å²) in [6.07, 6.45) is -0.0547. The minimum Gasteiger partial charge on any atom is -0.456 e. The summed E-state index contributed by atoms with van der Waals surface area (Å²) in [7, 11) is 2.63. The predicted molar refractivity (Wildman–Crippen MR) is 145 cm³/mol. The molecule has 1 aliphatic rings. The highest BCUT2D eigenvalue weighted by molar-refractivity contribution is 6.31. The third kappa shape index (κ3) is 5.49. The number of methoxy groups -OCH3 is 2. The van der Waals surface area contributed by atoms with Gasteiger partial charge in [-0.25, -0.2) is 14.0 Å². The third-order valence-electron chi connectivity index (χ3n) is 6.68. The van der Waals surface area contributed by atoms with Crippen molar-refractivity contribution in [3.05, 3.63) is 87.3 Å². The summed E-state index contributed by atoms with van der Waals surface area (Å²) >= 11 is 6.06. The molecule has 1 amide bonds. The molecule has 0 saturated heterocycles. The molecule has 0 bridgehead atoms. The minimum atomic E-state index is -1.09. The van der Waals surface area contributed by atoms with Crippen molar-refractivity contribution in [3.63, 3.8) is 0 Å². The molecule has 5 rings (SSSR count). The van der Waals surface area contributed by atoms with Gasteiger partial charge in [-0.05, 0) is 58.5 Å². The molecular formula is C27H22ClFN6O7. The van der Waals surface area contributed by atoms with Gasteiger partial charge in [0.25, 0.3) is 5.56 Å². The van der Waals surface area contributed by atoms with E-state index in [-0.39, 0.29) is 33.8 Å². The molecule has 15 heteroatoms. The Morgan fingerprint density at radius 1 is 1.12 bits per heavy atom. The van der Waals surface area contributed by atoms with Crippen LogP contribution in [0, 0.1) is 5.82 Å². The van der Waals surface area contributed by atoms with Crippen molar-refractivity contribution in [2.45, 2.75) is 18.6 Å². The molecule has 2 atom stereocenters. The van der Waals surface area contributed by atoms with Gasteiger partial charge < -0.3 is 14.2 Å². The van der Waals surface area contributed by atoms with E-state index < -0.39 is 48.0 Å². The fourth-order valence-corrected chi connectivity index (χ4v) is 4.83. The van der Waals surface area contributed by atoms with Crippen molar-refractivity contribution >= 4 is 35.1 Å². The first kappa shape index (κ1) is 28.6. The molecule has 2 unspecified atom stereocenters. The highest BCUT2D eigenvalue weighted by atomic mass is 35.5. The number of nitrogens with one attached hydrogen (secondary N) is 1. The van der Waals surface area contributed by atoms with Crippen LogP contribution in [-0.4, -0.2) is 63.4 Å². The highest BCUT2D eigenvalue weighted by Gasteiger charge is 2.38. The number of aromatic nitrogens is 5. The molecule has 0 fully saturated rings. The van der Waals surface area contributed by atoms with Crippen LogP contribution in [0.3, 0.4) is 0 Å². The first-order valence-corrected chi connectivity index (χ1v) is 12.8. The van der Waals surface area contributed by atoms with Gasteiger partial charge in [-0.15, -0.1) is 5.10 Å². The van der Waals surface area contributed by atoms with Gasteiger partial charge in [-0.3, -0.25) is 19.5 Å². The summed E-state index contributed by atoms with van der Waals surface area (Å²) in [5.41, 5.74) is 0.730. The van der Waals surface area contributed by atoms with Gasteiger partial charge >= 0.3 is 12.1 Å². The van der Waals surface area contributed by atoms with Crippen LogP contribution in [-0.2, 0) is 19.0 Å². The molecule has 2 aromatic heterocycles. The summed E-state index contributed by atoms with van der Waals surface area (Å²) < 4.78 is 33.1. The normalized spacial score (nSPS) is 15.6. The highest BCUT2D eigenvalue weighted by Crippen LogP contribution is 2.39. The number of anilines is 1. The van der Waals surface area contributed by atoms with Crippen LogP contribution in [0.1, 0.15) is 34.6 Å². The molecule has 42 heavy (non-hydrogen) atoms. The van der Waals surface area contributed by atoms with Gasteiger partial charge in [0.2, 0.25) is 0 Å². The van der Waals surface area contributed by atoms with Crippen molar-refractivity contribution in [2.24, 2.45) is 0 Å². The van der Waals surface area contributed by atoms with Crippen LogP contribution in [0.5, 0.6) is 0 Å². The zero-order valence-corrected chi connectivity index (χ0v) is 22.9. The first-order valence-electron chi connectivity index (χ1n) is 12.4. The van der Waals surface area contributed by atoms with Gasteiger partial charge in [0.15, 0.2) is 18.2 Å². The molecule has 2 aromatic carbocycles. The second-order valence-electron chi connectivity index (χ2n) is 9.09. The summed E-state index contributed by atoms with van der Waals surface area (Å²) in [6.45, 7) is -0.581. The number of hydrogen-bond donors (Lipinski definition) is 1. The van der Waals surface area contributed by atoms with Crippen LogP contribution in [0.4, 0.5) is 14.9 Å². The van der Waals surface area contributed by atoms with E-state index in [0.717, 1.165) is 0 Å². The molecule has 3 heterocycles. The predicted octanol–water partition coefficient (Wildman–Crippen LogP) is 3.52. The number of rotatable bonds is 8. The zero-order valence-electron chi connectivity index (χ0n) is 22.1. The van der Waals surface area contributed by atoms with Crippen molar-refractivity contribution in [3.8, 4) is 16.8 Å². The molecule has 216 valence electrons. The van der Waals surface area contributed by atoms with E-state index in [2.05, 4.69) is 25.6 Å². The van der Waals surface area contributed by atoms with Crippen molar-refractivity contribution in [1.82, 2.24) is 24.8 Å². The smallest absolute Gasteiger partial charge is 0.411 e. The van der Waals surface area contributed by atoms with E-state index in [0.29, 0.717) is 11.4 Å². The average Bonchev–Trinajstić information content (AvgIpc) is 3.66. The Bertz CT molecular complexity index is 1730. The molecular weight excluding hydrogens is 575 g/mol. The van der Waals surface area contributed by atoms with E-state index in [1.165, 1.54) is 78.3 Å². The number of carbonyl (C=O) groups excluding carboxylic acids is 3. The number of esters is 1. The van der Waals surface area contributed by atoms with Crippen LogP contribution in [0.15, 0.2) is 59.7 Å². The number of amides is 1. The summed E-state index contributed by atoms with van der Waals surface area (Å²) in [5, 5.41) is 13.2. The lowest BCUT2D eigenvalue weighted by atomic mass is 10.0. The number of ether oxygens (including phenoxy) is 3. The Labute approximate surface area is 241 Å².